The summed E-state index contributed by atoms with van der Waals surface area (Å²) in [6.07, 6.45) is 3.41. The molecule has 0 spiro atoms. The molecular weight excluding hydrogens is 272 g/mol. The number of hydrogen-bond acceptors (Lipinski definition) is 3. The average Bonchev–Trinajstić information content (AvgIpc) is 2.92. The minimum absolute atomic E-state index is 0.0584. The largest absolute Gasteiger partial charge is 0.478 e. The molecule has 1 atom stereocenters. The van der Waals surface area contributed by atoms with Crippen LogP contribution < -0.4 is 10.6 Å². The molecule has 2 rings (SSSR count). The molecule has 6 heteroatoms. The maximum Gasteiger partial charge on any atom is 0.328 e. The van der Waals surface area contributed by atoms with Crippen LogP contribution in [-0.4, -0.2) is 36.4 Å². The Labute approximate surface area is 122 Å². The number of hydrogen-bond donors (Lipinski definition) is 3. The Hall–Kier alpha value is -2.34. The summed E-state index contributed by atoms with van der Waals surface area (Å²) in [4.78, 5) is 22.3. The van der Waals surface area contributed by atoms with Gasteiger partial charge in [0.15, 0.2) is 0 Å². The van der Waals surface area contributed by atoms with Crippen molar-refractivity contribution in [2.75, 3.05) is 18.5 Å². The molecule has 1 aromatic rings. The Morgan fingerprint density at radius 2 is 2.24 bits per heavy atom. The quantitative estimate of drug-likeness (QED) is 0.740. The number of urea groups is 1. The van der Waals surface area contributed by atoms with E-state index < -0.39 is 5.97 Å². The van der Waals surface area contributed by atoms with Gasteiger partial charge in [-0.25, -0.2) is 9.59 Å². The van der Waals surface area contributed by atoms with Gasteiger partial charge in [0, 0.05) is 18.4 Å². The van der Waals surface area contributed by atoms with Crippen LogP contribution in [0, 0.1) is 6.92 Å². The zero-order chi connectivity index (χ0) is 15.2. The fourth-order valence-electron chi connectivity index (χ4n) is 2.09. The lowest BCUT2D eigenvalue weighted by Gasteiger charge is -2.13. The third-order valence-electron chi connectivity index (χ3n) is 3.18. The van der Waals surface area contributed by atoms with Gasteiger partial charge in [0.1, 0.15) is 0 Å². The minimum atomic E-state index is -0.993. The zero-order valence-electron chi connectivity index (χ0n) is 11.8. The van der Waals surface area contributed by atoms with Crippen LogP contribution in [0.3, 0.4) is 0 Å². The third kappa shape index (κ3) is 4.61. The van der Waals surface area contributed by atoms with Gasteiger partial charge in [-0.05, 0) is 42.7 Å². The first-order valence-corrected chi connectivity index (χ1v) is 6.71. The first kappa shape index (κ1) is 15.1. The smallest absolute Gasteiger partial charge is 0.328 e. The van der Waals surface area contributed by atoms with Crippen LogP contribution in [0.5, 0.6) is 0 Å². The molecule has 0 aromatic heterocycles. The number of carboxylic acid groups (broad SMARTS) is 1. The second-order valence-electron chi connectivity index (χ2n) is 4.90. The van der Waals surface area contributed by atoms with Crippen molar-refractivity contribution in [2.45, 2.75) is 19.4 Å². The van der Waals surface area contributed by atoms with E-state index >= 15 is 0 Å². The van der Waals surface area contributed by atoms with E-state index in [-0.39, 0.29) is 12.1 Å². The van der Waals surface area contributed by atoms with Crippen LogP contribution in [0.15, 0.2) is 24.3 Å². The average molecular weight is 290 g/mol. The zero-order valence-corrected chi connectivity index (χ0v) is 11.8. The van der Waals surface area contributed by atoms with E-state index in [1.807, 2.05) is 13.0 Å². The monoisotopic (exact) mass is 290 g/mol. The van der Waals surface area contributed by atoms with E-state index in [1.165, 1.54) is 6.08 Å². The molecule has 1 aromatic carbocycles. The SMILES string of the molecule is Cc1cc(/C=C/C(=O)O)ccc1NC(=O)NC1CCOC1. The number of amides is 2. The van der Waals surface area contributed by atoms with Gasteiger partial charge >= 0.3 is 12.0 Å². The molecule has 0 aliphatic carbocycles. The van der Waals surface area contributed by atoms with Crippen LogP contribution >= 0.6 is 0 Å². The summed E-state index contributed by atoms with van der Waals surface area (Å²) in [5.74, 6) is -0.993. The highest BCUT2D eigenvalue weighted by molar-refractivity contribution is 5.90. The molecule has 1 unspecified atom stereocenters. The van der Waals surface area contributed by atoms with E-state index in [0.717, 1.165) is 23.6 Å². The summed E-state index contributed by atoms with van der Waals surface area (Å²) in [6, 6.07) is 5.11. The Bertz CT molecular complexity index is 563. The van der Waals surface area contributed by atoms with Crippen molar-refractivity contribution in [1.82, 2.24) is 5.32 Å². The molecule has 1 fully saturated rings. The second kappa shape index (κ2) is 6.90. The van der Waals surface area contributed by atoms with Crippen LogP contribution in [0.25, 0.3) is 6.08 Å². The Kier molecular flexibility index (Phi) is 4.94. The summed E-state index contributed by atoms with van der Waals surface area (Å²) in [7, 11) is 0. The fourth-order valence-corrected chi connectivity index (χ4v) is 2.09. The normalized spacial score (nSPS) is 17.9. The van der Waals surface area contributed by atoms with Gasteiger partial charge < -0.3 is 20.5 Å². The molecule has 3 N–H and O–H groups in total. The molecule has 0 bridgehead atoms. The lowest BCUT2D eigenvalue weighted by Crippen LogP contribution is -2.38. The summed E-state index contributed by atoms with van der Waals surface area (Å²) in [5, 5.41) is 14.2. The van der Waals surface area contributed by atoms with Crippen LogP contribution in [0.1, 0.15) is 17.5 Å². The number of aryl methyl sites for hydroxylation is 1. The molecular formula is C15H18N2O4. The lowest BCUT2D eigenvalue weighted by atomic mass is 10.1. The summed E-state index contributed by atoms with van der Waals surface area (Å²) >= 11 is 0. The van der Waals surface area contributed by atoms with E-state index in [1.54, 1.807) is 12.1 Å². The molecule has 1 aliphatic rings. The molecule has 1 aliphatic heterocycles. The van der Waals surface area contributed by atoms with Crippen molar-refractivity contribution in [3.05, 3.63) is 35.4 Å². The van der Waals surface area contributed by atoms with Gasteiger partial charge in [0.05, 0.1) is 12.6 Å². The van der Waals surface area contributed by atoms with Crippen LogP contribution in [0.4, 0.5) is 10.5 Å². The maximum absolute atomic E-state index is 11.9. The first-order chi connectivity index (χ1) is 10.0. The number of carbonyl (C=O) groups is 2. The number of carboxylic acids is 1. The maximum atomic E-state index is 11.9. The highest BCUT2D eigenvalue weighted by atomic mass is 16.5. The lowest BCUT2D eigenvalue weighted by molar-refractivity contribution is -0.131. The van der Waals surface area contributed by atoms with Gasteiger partial charge in [0.2, 0.25) is 0 Å². The fraction of sp³-hybridized carbons (Fsp3) is 0.333. The number of rotatable bonds is 4. The molecule has 1 saturated heterocycles. The molecule has 0 saturated carbocycles. The molecule has 112 valence electrons. The number of benzene rings is 1. The predicted molar refractivity (Wildman–Crippen MR) is 79.2 cm³/mol. The molecule has 6 nitrogen and oxygen atoms in total. The van der Waals surface area contributed by atoms with Gasteiger partial charge in [-0.1, -0.05) is 6.07 Å². The molecule has 0 radical (unpaired) electrons. The number of anilines is 1. The number of nitrogens with one attached hydrogen (secondary N) is 2. The number of aliphatic carboxylic acids is 1. The number of ether oxygens (including phenoxy) is 1. The van der Waals surface area contributed by atoms with Gasteiger partial charge in [-0.3, -0.25) is 0 Å². The highest BCUT2D eigenvalue weighted by Gasteiger charge is 2.17. The van der Waals surface area contributed by atoms with E-state index in [4.69, 9.17) is 9.84 Å². The van der Waals surface area contributed by atoms with Crippen molar-refractivity contribution in [3.63, 3.8) is 0 Å². The first-order valence-electron chi connectivity index (χ1n) is 6.71. The molecule has 1 heterocycles. The van der Waals surface area contributed by atoms with Crippen LogP contribution in [-0.2, 0) is 9.53 Å². The summed E-state index contributed by atoms with van der Waals surface area (Å²) < 4.78 is 5.20. The van der Waals surface area contributed by atoms with Crippen molar-refractivity contribution in [1.29, 1.82) is 0 Å². The second-order valence-corrected chi connectivity index (χ2v) is 4.90. The van der Waals surface area contributed by atoms with Crippen molar-refractivity contribution < 1.29 is 19.4 Å². The molecule has 21 heavy (non-hydrogen) atoms. The summed E-state index contributed by atoms with van der Waals surface area (Å²) in [6.45, 7) is 3.08. The Balaban J connectivity index is 1.96. The Morgan fingerprint density at radius 1 is 1.43 bits per heavy atom. The van der Waals surface area contributed by atoms with Crippen LogP contribution in [0.2, 0.25) is 0 Å². The van der Waals surface area contributed by atoms with Crippen molar-refractivity contribution >= 4 is 23.8 Å². The molecule has 2 amide bonds. The standard InChI is InChI=1S/C15H18N2O4/c1-10-8-11(3-5-14(18)19)2-4-13(10)17-15(20)16-12-6-7-21-9-12/h2-5,8,12H,6-7,9H2,1H3,(H,18,19)(H2,16,17,20)/b5-3+. The van der Waals surface area contributed by atoms with Crippen molar-refractivity contribution in [2.24, 2.45) is 0 Å². The van der Waals surface area contributed by atoms with E-state index in [0.29, 0.717) is 18.9 Å². The van der Waals surface area contributed by atoms with E-state index in [9.17, 15) is 9.59 Å². The van der Waals surface area contributed by atoms with Crippen molar-refractivity contribution in [3.8, 4) is 0 Å². The topological polar surface area (TPSA) is 87.7 Å². The van der Waals surface area contributed by atoms with Gasteiger partial charge in [-0.2, -0.15) is 0 Å². The minimum Gasteiger partial charge on any atom is -0.478 e. The summed E-state index contributed by atoms with van der Waals surface area (Å²) in [5.41, 5.74) is 2.32. The van der Waals surface area contributed by atoms with E-state index in [2.05, 4.69) is 10.6 Å². The highest BCUT2D eigenvalue weighted by Crippen LogP contribution is 2.17. The predicted octanol–water partition coefficient (Wildman–Crippen LogP) is 2.00. The third-order valence-corrected chi connectivity index (χ3v) is 3.18. The number of carbonyl (C=O) groups excluding carboxylic acids is 1. The van der Waals surface area contributed by atoms with Gasteiger partial charge in [0.25, 0.3) is 0 Å². The van der Waals surface area contributed by atoms with Gasteiger partial charge in [-0.15, -0.1) is 0 Å². The Morgan fingerprint density at radius 3 is 2.86 bits per heavy atom.